The molecule has 6 heteroatoms. The maximum absolute atomic E-state index is 12.4. The van der Waals surface area contributed by atoms with Gasteiger partial charge in [-0.2, -0.15) is 0 Å². The highest BCUT2D eigenvalue weighted by Crippen LogP contribution is 2.23. The number of benzene rings is 1. The van der Waals surface area contributed by atoms with Gasteiger partial charge in [0.15, 0.2) is 0 Å². The van der Waals surface area contributed by atoms with E-state index in [1.54, 1.807) is 24.4 Å². The van der Waals surface area contributed by atoms with Crippen LogP contribution in [0.2, 0.25) is 0 Å². The lowest BCUT2D eigenvalue weighted by Gasteiger charge is -2.22. The first-order valence-corrected chi connectivity index (χ1v) is 9.60. The molecule has 0 bridgehead atoms. The molecule has 1 saturated heterocycles. The predicted octanol–water partition coefficient (Wildman–Crippen LogP) is 2.75. The summed E-state index contributed by atoms with van der Waals surface area (Å²) in [5, 5.41) is 2.99. The number of hydrogen-bond acceptors (Lipinski definition) is 5. The maximum Gasteiger partial charge on any atom is 0.323 e. The summed E-state index contributed by atoms with van der Waals surface area (Å²) < 4.78 is 4.98. The lowest BCUT2D eigenvalue weighted by atomic mass is 10.0. The summed E-state index contributed by atoms with van der Waals surface area (Å²) in [5.74, 6) is -0.0134. The zero-order chi connectivity index (χ0) is 20.1. The number of amides is 1. The van der Waals surface area contributed by atoms with Crippen molar-refractivity contribution < 1.29 is 14.3 Å². The third-order valence-electron chi connectivity index (χ3n) is 5.14. The minimum Gasteiger partial charge on any atom is -0.468 e. The SMILES string of the molecule is COC(=O)[C@@H]1C[C@H](NC(=O)c2ccccn2)CN1Cc1ccc(C(C)C)cc1. The largest absolute Gasteiger partial charge is 0.468 e. The smallest absolute Gasteiger partial charge is 0.323 e. The number of nitrogens with one attached hydrogen (secondary N) is 1. The number of nitrogens with zero attached hydrogens (tertiary/aromatic N) is 2. The molecule has 2 heterocycles. The van der Waals surface area contributed by atoms with Crippen LogP contribution in [-0.2, 0) is 16.1 Å². The minimum absolute atomic E-state index is 0.131. The molecule has 3 rings (SSSR count). The fraction of sp³-hybridized carbons (Fsp3) is 0.409. The van der Waals surface area contributed by atoms with Crippen LogP contribution in [0.3, 0.4) is 0 Å². The molecule has 1 fully saturated rings. The zero-order valence-electron chi connectivity index (χ0n) is 16.6. The summed E-state index contributed by atoms with van der Waals surface area (Å²) in [6.45, 7) is 5.55. The second-order valence-electron chi connectivity index (χ2n) is 7.49. The summed E-state index contributed by atoms with van der Waals surface area (Å²) in [6, 6.07) is 13.2. The Morgan fingerprint density at radius 1 is 1.21 bits per heavy atom. The summed E-state index contributed by atoms with van der Waals surface area (Å²) in [4.78, 5) is 30.8. The third kappa shape index (κ3) is 4.75. The molecule has 1 aliphatic rings. The van der Waals surface area contributed by atoms with Crippen LogP contribution in [0.4, 0.5) is 0 Å². The van der Waals surface area contributed by atoms with Crippen molar-refractivity contribution in [2.75, 3.05) is 13.7 Å². The molecule has 0 saturated carbocycles. The van der Waals surface area contributed by atoms with Crippen molar-refractivity contribution in [3.63, 3.8) is 0 Å². The van der Waals surface area contributed by atoms with Crippen LogP contribution >= 0.6 is 0 Å². The lowest BCUT2D eigenvalue weighted by Crippen LogP contribution is -2.38. The van der Waals surface area contributed by atoms with Crippen LogP contribution < -0.4 is 5.32 Å². The van der Waals surface area contributed by atoms with Crippen molar-refractivity contribution in [1.29, 1.82) is 0 Å². The van der Waals surface area contributed by atoms with Crippen LogP contribution in [0.5, 0.6) is 0 Å². The Hall–Kier alpha value is -2.73. The van der Waals surface area contributed by atoms with Gasteiger partial charge in [0.1, 0.15) is 11.7 Å². The Bertz CT molecular complexity index is 806. The maximum atomic E-state index is 12.4. The average molecular weight is 381 g/mol. The van der Waals surface area contributed by atoms with E-state index in [1.807, 2.05) is 0 Å². The van der Waals surface area contributed by atoms with Crippen molar-refractivity contribution in [2.24, 2.45) is 0 Å². The fourth-order valence-electron chi connectivity index (χ4n) is 3.56. The summed E-state index contributed by atoms with van der Waals surface area (Å²) >= 11 is 0. The van der Waals surface area contributed by atoms with Crippen LogP contribution in [0.25, 0.3) is 0 Å². The monoisotopic (exact) mass is 381 g/mol. The standard InChI is InChI=1S/C22H27N3O3/c1-15(2)17-9-7-16(8-10-17)13-25-14-18(12-20(25)22(27)28-3)24-21(26)19-6-4-5-11-23-19/h4-11,15,18,20H,12-14H2,1-3H3,(H,24,26)/t18-,20-/m0/s1. The van der Waals surface area contributed by atoms with Crippen molar-refractivity contribution in [2.45, 2.75) is 44.8 Å². The molecule has 0 unspecified atom stereocenters. The molecule has 1 aromatic carbocycles. The molecule has 148 valence electrons. The summed E-state index contributed by atoms with van der Waals surface area (Å²) in [6.07, 6.45) is 2.11. The number of carbonyl (C=O) groups excluding carboxylic acids is 2. The number of ether oxygens (including phenoxy) is 1. The van der Waals surface area contributed by atoms with E-state index in [0.717, 1.165) is 5.56 Å². The van der Waals surface area contributed by atoms with Gasteiger partial charge in [0.2, 0.25) is 0 Å². The molecular formula is C22H27N3O3. The first kappa shape index (κ1) is 20.0. The molecule has 28 heavy (non-hydrogen) atoms. The van der Waals surface area contributed by atoms with E-state index < -0.39 is 0 Å². The quantitative estimate of drug-likeness (QED) is 0.779. The molecule has 6 nitrogen and oxygen atoms in total. The van der Waals surface area contributed by atoms with Crippen molar-refractivity contribution in [1.82, 2.24) is 15.2 Å². The highest BCUT2D eigenvalue weighted by Gasteiger charge is 2.38. The average Bonchev–Trinajstić information content (AvgIpc) is 3.10. The molecule has 1 amide bonds. The number of methoxy groups -OCH3 is 1. The van der Waals surface area contributed by atoms with E-state index in [2.05, 4.69) is 53.3 Å². The van der Waals surface area contributed by atoms with Gasteiger partial charge < -0.3 is 10.1 Å². The number of rotatable bonds is 6. The summed E-state index contributed by atoms with van der Waals surface area (Å²) in [7, 11) is 1.40. The Kier molecular flexibility index (Phi) is 6.41. The van der Waals surface area contributed by atoms with Crippen LogP contribution in [0, 0.1) is 0 Å². The first-order chi connectivity index (χ1) is 13.5. The van der Waals surface area contributed by atoms with Gasteiger partial charge in [0.05, 0.1) is 7.11 Å². The topological polar surface area (TPSA) is 71.5 Å². The van der Waals surface area contributed by atoms with Gasteiger partial charge in [-0.05, 0) is 35.6 Å². The van der Waals surface area contributed by atoms with Gasteiger partial charge in [-0.25, -0.2) is 0 Å². The van der Waals surface area contributed by atoms with E-state index in [4.69, 9.17) is 4.74 Å². The second-order valence-corrected chi connectivity index (χ2v) is 7.49. The van der Waals surface area contributed by atoms with Crippen molar-refractivity contribution in [3.05, 3.63) is 65.5 Å². The molecule has 0 spiro atoms. The molecule has 2 aromatic rings. The Labute approximate surface area is 165 Å². The van der Waals surface area contributed by atoms with Crippen molar-refractivity contribution >= 4 is 11.9 Å². The van der Waals surface area contributed by atoms with E-state index in [1.165, 1.54) is 12.7 Å². The molecule has 2 atom stereocenters. The number of pyridine rings is 1. The van der Waals surface area contributed by atoms with Gasteiger partial charge in [0.25, 0.3) is 5.91 Å². The van der Waals surface area contributed by atoms with E-state index in [9.17, 15) is 9.59 Å². The third-order valence-corrected chi connectivity index (χ3v) is 5.14. The number of esters is 1. The van der Waals surface area contributed by atoms with E-state index in [-0.39, 0.29) is 24.0 Å². The Morgan fingerprint density at radius 2 is 1.96 bits per heavy atom. The molecular weight excluding hydrogens is 354 g/mol. The second kappa shape index (κ2) is 8.97. The van der Waals surface area contributed by atoms with Gasteiger partial charge in [-0.15, -0.1) is 0 Å². The van der Waals surface area contributed by atoms with Gasteiger partial charge in [-0.3, -0.25) is 19.5 Å². The predicted molar refractivity (Wildman–Crippen MR) is 107 cm³/mol. The fourth-order valence-corrected chi connectivity index (χ4v) is 3.56. The molecule has 0 aliphatic carbocycles. The number of carbonyl (C=O) groups is 2. The highest BCUT2D eigenvalue weighted by atomic mass is 16.5. The van der Waals surface area contributed by atoms with Gasteiger partial charge in [-0.1, -0.05) is 44.2 Å². The van der Waals surface area contributed by atoms with E-state index in [0.29, 0.717) is 31.1 Å². The number of hydrogen-bond donors (Lipinski definition) is 1. The van der Waals surface area contributed by atoms with Crippen LogP contribution in [-0.4, -0.2) is 47.5 Å². The lowest BCUT2D eigenvalue weighted by molar-refractivity contribution is -0.146. The number of likely N-dealkylation sites (tertiary alicyclic amines) is 1. The first-order valence-electron chi connectivity index (χ1n) is 9.60. The Balaban J connectivity index is 1.68. The normalized spacial score (nSPS) is 19.6. The van der Waals surface area contributed by atoms with E-state index >= 15 is 0 Å². The molecule has 0 radical (unpaired) electrons. The van der Waals surface area contributed by atoms with Gasteiger partial charge >= 0.3 is 5.97 Å². The zero-order valence-corrected chi connectivity index (χ0v) is 16.6. The molecule has 1 aliphatic heterocycles. The van der Waals surface area contributed by atoms with Crippen LogP contribution in [0.15, 0.2) is 48.7 Å². The van der Waals surface area contributed by atoms with Crippen molar-refractivity contribution in [3.8, 4) is 0 Å². The summed E-state index contributed by atoms with van der Waals surface area (Å²) in [5.41, 5.74) is 2.80. The Morgan fingerprint density at radius 3 is 2.57 bits per heavy atom. The highest BCUT2D eigenvalue weighted by molar-refractivity contribution is 5.92. The molecule has 1 N–H and O–H groups in total. The van der Waals surface area contributed by atoms with Gasteiger partial charge in [0, 0.05) is 25.3 Å². The minimum atomic E-state index is -0.371. The number of aromatic nitrogens is 1. The van der Waals surface area contributed by atoms with Crippen LogP contribution in [0.1, 0.15) is 47.8 Å². The molecule has 1 aromatic heterocycles.